The van der Waals surface area contributed by atoms with E-state index in [4.69, 9.17) is 5.11 Å². The summed E-state index contributed by atoms with van der Waals surface area (Å²) in [5, 5.41) is 8.40. The van der Waals surface area contributed by atoms with Gasteiger partial charge in [-0.25, -0.2) is 0 Å². The Morgan fingerprint density at radius 2 is 1.64 bits per heavy atom. The van der Waals surface area contributed by atoms with Crippen molar-refractivity contribution in [2.45, 2.75) is 58.3 Å². The van der Waals surface area contributed by atoms with E-state index in [-0.39, 0.29) is 0 Å². The Morgan fingerprint density at radius 1 is 1.07 bits per heavy atom. The summed E-state index contributed by atoms with van der Waals surface area (Å²) in [5.41, 5.74) is 0. The van der Waals surface area contributed by atoms with E-state index in [0.29, 0.717) is 6.42 Å². The van der Waals surface area contributed by atoms with Crippen LogP contribution in [0.1, 0.15) is 58.3 Å². The molecule has 0 rings (SSSR count). The first-order valence-corrected chi connectivity index (χ1v) is 5.64. The van der Waals surface area contributed by atoms with Crippen LogP contribution in [0.25, 0.3) is 0 Å². The summed E-state index contributed by atoms with van der Waals surface area (Å²) in [4.78, 5) is 10.2. The van der Waals surface area contributed by atoms with E-state index < -0.39 is 5.97 Å². The second kappa shape index (κ2) is 10.3. The minimum atomic E-state index is -0.683. The molecule has 82 valence electrons. The molecule has 0 aliphatic rings. The van der Waals surface area contributed by atoms with Gasteiger partial charge in [-0.3, -0.25) is 4.79 Å². The summed E-state index contributed by atoms with van der Waals surface area (Å²) in [7, 11) is 0. The fourth-order valence-electron chi connectivity index (χ4n) is 1.29. The van der Waals surface area contributed by atoms with Crippen molar-refractivity contribution in [2.75, 3.05) is 0 Å². The minimum absolute atomic E-state index is 0.309. The van der Waals surface area contributed by atoms with Crippen LogP contribution < -0.4 is 0 Å². The third-order valence-electron chi connectivity index (χ3n) is 2.15. The highest BCUT2D eigenvalue weighted by Gasteiger charge is 1.93. The first-order chi connectivity index (χ1) is 6.77. The summed E-state index contributed by atoms with van der Waals surface area (Å²) in [5.74, 6) is -0.683. The molecule has 0 saturated heterocycles. The Morgan fingerprint density at radius 3 is 2.14 bits per heavy atom. The standard InChI is InChI=1S/C12H22O2/c1-2-3-4-5-6-7-8-9-10-11-12(13)14/h6-7H,2-5,8-11H2,1H3,(H,13,14)/b7-6+. The highest BCUT2D eigenvalue weighted by molar-refractivity contribution is 5.66. The van der Waals surface area contributed by atoms with Crippen LogP contribution in [0.3, 0.4) is 0 Å². The minimum Gasteiger partial charge on any atom is -0.481 e. The first kappa shape index (κ1) is 13.2. The predicted molar refractivity (Wildman–Crippen MR) is 59.4 cm³/mol. The van der Waals surface area contributed by atoms with Gasteiger partial charge in [-0.05, 0) is 32.1 Å². The van der Waals surface area contributed by atoms with Crippen molar-refractivity contribution in [3.8, 4) is 0 Å². The fourth-order valence-corrected chi connectivity index (χ4v) is 1.29. The molecule has 0 radical (unpaired) electrons. The Balaban J connectivity index is 3.07. The van der Waals surface area contributed by atoms with Crippen LogP contribution in [0.5, 0.6) is 0 Å². The third kappa shape index (κ3) is 11.2. The number of unbranched alkanes of at least 4 members (excludes halogenated alkanes) is 5. The highest BCUT2D eigenvalue weighted by atomic mass is 16.4. The second-order valence-corrected chi connectivity index (χ2v) is 3.61. The topological polar surface area (TPSA) is 37.3 Å². The van der Waals surface area contributed by atoms with Gasteiger partial charge in [-0.15, -0.1) is 0 Å². The largest absolute Gasteiger partial charge is 0.481 e. The molecule has 0 aromatic carbocycles. The highest BCUT2D eigenvalue weighted by Crippen LogP contribution is 2.03. The summed E-state index contributed by atoms with van der Waals surface area (Å²) < 4.78 is 0. The van der Waals surface area contributed by atoms with Crippen molar-refractivity contribution in [3.05, 3.63) is 12.2 Å². The summed E-state index contributed by atoms with van der Waals surface area (Å²) >= 11 is 0. The monoisotopic (exact) mass is 198 g/mol. The number of hydrogen-bond acceptors (Lipinski definition) is 1. The molecule has 0 atom stereocenters. The maximum absolute atomic E-state index is 10.2. The Labute approximate surface area is 87.0 Å². The lowest BCUT2D eigenvalue weighted by Gasteiger charge is -1.94. The van der Waals surface area contributed by atoms with Crippen molar-refractivity contribution in [2.24, 2.45) is 0 Å². The van der Waals surface area contributed by atoms with Gasteiger partial charge in [-0.1, -0.05) is 31.9 Å². The molecule has 0 heterocycles. The number of aliphatic carboxylic acids is 1. The SMILES string of the molecule is CCCCC/C=C/CCCCC(=O)O. The number of rotatable bonds is 9. The molecule has 0 bridgehead atoms. The maximum Gasteiger partial charge on any atom is 0.303 e. The van der Waals surface area contributed by atoms with Crippen LogP contribution in [-0.2, 0) is 4.79 Å². The fraction of sp³-hybridized carbons (Fsp3) is 0.750. The molecule has 2 nitrogen and oxygen atoms in total. The van der Waals surface area contributed by atoms with E-state index in [1.807, 2.05) is 0 Å². The molecule has 0 aliphatic carbocycles. The molecule has 0 amide bonds. The van der Waals surface area contributed by atoms with E-state index in [9.17, 15) is 4.79 Å². The average Bonchev–Trinajstić information content (AvgIpc) is 2.15. The summed E-state index contributed by atoms with van der Waals surface area (Å²) in [6.45, 7) is 2.20. The molecule has 14 heavy (non-hydrogen) atoms. The predicted octanol–water partition coefficient (Wildman–Crippen LogP) is 3.77. The second-order valence-electron chi connectivity index (χ2n) is 3.61. The number of hydrogen-bond donors (Lipinski definition) is 1. The van der Waals surface area contributed by atoms with Crippen molar-refractivity contribution >= 4 is 5.97 Å². The Bertz CT molecular complexity index is 162. The Kier molecular flexibility index (Phi) is 9.71. The zero-order valence-electron chi connectivity index (χ0n) is 9.17. The van der Waals surface area contributed by atoms with Gasteiger partial charge in [-0.2, -0.15) is 0 Å². The molecular formula is C12H22O2. The smallest absolute Gasteiger partial charge is 0.303 e. The molecule has 1 N–H and O–H groups in total. The van der Waals surface area contributed by atoms with Gasteiger partial charge in [0.25, 0.3) is 0 Å². The summed E-state index contributed by atoms with van der Waals surface area (Å²) in [6, 6.07) is 0. The van der Waals surface area contributed by atoms with Crippen LogP contribution in [0, 0.1) is 0 Å². The molecule has 0 aromatic rings. The molecule has 2 heteroatoms. The van der Waals surface area contributed by atoms with E-state index in [2.05, 4.69) is 19.1 Å². The number of carboxylic acid groups (broad SMARTS) is 1. The van der Waals surface area contributed by atoms with Crippen LogP contribution in [0.2, 0.25) is 0 Å². The lowest BCUT2D eigenvalue weighted by atomic mass is 10.1. The first-order valence-electron chi connectivity index (χ1n) is 5.64. The van der Waals surface area contributed by atoms with Crippen molar-refractivity contribution in [1.82, 2.24) is 0 Å². The van der Waals surface area contributed by atoms with Crippen LogP contribution in [-0.4, -0.2) is 11.1 Å². The Hall–Kier alpha value is -0.790. The number of carbonyl (C=O) groups is 1. The van der Waals surface area contributed by atoms with Gasteiger partial charge < -0.3 is 5.11 Å². The normalized spacial score (nSPS) is 10.9. The van der Waals surface area contributed by atoms with E-state index in [1.165, 1.54) is 25.7 Å². The lowest BCUT2D eigenvalue weighted by Crippen LogP contribution is -1.92. The molecule has 0 unspecified atom stereocenters. The van der Waals surface area contributed by atoms with Crippen LogP contribution in [0.4, 0.5) is 0 Å². The quantitative estimate of drug-likeness (QED) is 0.452. The van der Waals surface area contributed by atoms with Crippen molar-refractivity contribution in [3.63, 3.8) is 0 Å². The van der Waals surface area contributed by atoms with Crippen LogP contribution in [0.15, 0.2) is 12.2 Å². The average molecular weight is 198 g/mol. The van der Waals surface area contributed by atoms with Crippen LogP contribution >= 0.6 is 0 Å². The lowest BCUT2D eigenvalue weighted by molar-refractivity contribution is -0.137. The van der Waals surface area contributed by atoms with E-state index in [0.717, 1.165) is 19.3 Å². The van der Waals surface area contributed by atoms with E-state index in [1.54, 1.807) is 0 Å². The van der Waals surface area contributed by atoms with Crippen molar-refractivity contribution in [1.29, 1.82) is 0 Å². The van der Waals surface area contributed by atoms with Gasteiger partial charge >= 0.3 is 5.97 Å². The van der Waals surface area contributed by atoms with Gasteiger partial charge in [0.05, 0.1) is 0 Å². The molecule has 0 saturated carbocycles. The molecule has 0 fully saturated rings. The summed E-state index contributed by atoms with van der Waals surface area (Å²) in [6.07, 6.45) is 12.6. The maximum atomic E-state index is 10.2. The van der Waals surface area contributed by atoms with Gasteiger partial charge in [0.15, 0.2) is 0 Å². The van der Waals surface area contributed by atoms with Gasteiger partial charge in [0.1, 0.15) is 0 Å². The van der Waals surface area contributed by atoms with Crippen molar-refractivity contribution < 1.29 is 9.90 Å². The molecular weight excluding hydrogens is 176 g/mol. The molecule has 0 spiro atoms. The molecule has 0 aliphatic heterocycles. The van der Waals surface area contributed by atoms with Gasteiger partial charge in [0, 0.05) is 6.42 Å². The molecule has 0 aromatic heterocycles. The zero-order chi connectivity index (χ0) is 10.6. The number of allylic oxidation sites excluding steroid dienone is 2. The van der Waals surface area contributed by atoms with E-state index >= 15 is 0 Å². The third-order valence-corrected chi connectivity index (χ3v) is 2.15. The zero-order valence-corrected chi connectivity index (χ0v) is 9.17. The number of carboxylic acids is 1. The van der Waals surface area contributed by atoms with Gasteiger partial charge in [0.2, 0.25) is 0 Å².